The SMILES string of the molecule is Cc1cc(-c2[nH]ncc2N)c(C)[nH]1. The Morgan fingerprint density at radius 2 is 2.15 bits per heavy atom. The summed E-state index contributed by atoms with van der Waals surface area (Å²) in [6, 6.07) is 2.05. The zero-order valence-electron chi connectivity index (χ0n) is 7.68. The van der Waals surface area contributed by atoms with Crippen molar-refractivity contribution in [2.45, 2.75) is 13.8 Å². The summed E-state index contributed by atoms with van der Waals surface area (Å²) in [7, 11) is 0. The molecule has 13 heavy (non-hydrogen) atoms. The van der Waals surface area contributed by atoms with Gasteiger partial charge in [-0.3, -0.25) is 5.10 Å². The topological polar surface area (TPSA) is 70.5 Å². The first-order valence-corrected chi connectivity index (χ1v) is 4.14. The summed E-state index contributed by atoms with van der Waals surface area (Å²) < 4.78 is 0. The van der Waals surface area contributed by atoms with E-state index in [9.17, 15) is 0 Å². The molecule has 0 spiro atoms. The van der Waals surface area contributed by atoms with Crippen LogP contribution >= 0.6 is 0 Å². The number of rotatable bonds is 1. The quantitative estimate of drug-likeness (QED) is 0.617. The largest absolute Gasteiger partial charge is 0.396 e. The zero-order valence-corrected chi connectivity index (χ0v) is 7.68. The lowest BCUT2D eigenvalue weighted by Gasteiger charge is -1.96. The molecular weight excluding hydrogens is 164 g/mol. The Bertz CT molecular complexity index is 425. The van der Waals surface area contributed by atoms with Crippen molar-refractivity contribution in [3.05, 3.63) is 23.7 Å². The maximum atomic E-state index is 5.74. The van der Waals surface area contributed by atoms with Crippen LogP contribution in [-0.4, -0.2) is 15.2 Å². The molecule has 0 saturated carbocycles. The van der Waals surface area contributed by atoms with Gasteiger partial charge in [0, 0.05) is 17.0 Å². The maximum absolute atomic E-state index is 5.74. The number of anilines is 1. The number of aromatic amines is 2. The van der Waals surface area contributed by atoms with Gasteiger partial charge in [0.15, 0.2) is 0 Å². The summed E-state index contributed by atoms with van der Waals surface area (Å²) in [5, 5.41) is 6.77. The van der Waals surface area contributed by atoms with Crippen LogP contribution in [0.5, 0.6) is 0 Å². The van der Waals surface area contributed by atoms with Crippen molar-refractivity contribution < 1.29 is 0 Å². The van der Waals surface area contributed by atoms with Crippen molar-refractivity contribution in [3.63, 3.8) is 0 Å². The Balaban J connectivity index is 2.58. The van der Waals surface area contributed by atoms with Gasteiger partial charge in [0.2, 0.25) is 0 Å². The molecule has 2 heterocycles. The predicted molar refractivity (Wildman–Crippen MR) is 52.3 cm³/mol. The van der Waals surface area contributed by atoms with E-state index >= 15 is 0 Å². The molecule has 4 N–H and O–H groups in total. The fourth-order valence-electron chi connectivity index (χ4n) is 1.49. The summed E-state index contributed by atoms with van der Waals surface area (Å²) in [5.41, 5.74) is 10.6. The molecule has 4 nitrogen and oxygen atoms in total. The highest BCUT2D eigenvalue weighted by Crippen LogP contribution is 2.26. The number of nitrogen functional groups attached to an aromatic ring is 1. The Morgan fingerprint density at radius 1 is 1.38 bits per heavy atom. The molecule has 0 aliphatic carbocycles. The second kappa shape index (κ2) is 2.65. The summed E-state index contributed by atoms with van der Waals surface area (Å²) in [6.07, 6.45) is 1.62. The van der Waals surface area contributed by atoms with Crippen molar-refractivity contribution >= 4 is 5.69 Å². The van der Waals surface area contributed by atoms with Crippen LogP contribution in [0.2, 0.25) is 0 Å². The van der Waals surface area contributed by atoms with E-state index in [1.807, 2.05) is 13.8 Å². The number of aromatic nitrogens is 3. The maximum Gasteiger partial charge on any atom is 0.0897 e. The van der Waals surface area contributed by atoms with E-state index in [0.717, 1.165) is 22.6 Å². The summed E-state index contributed by atoms with van der Waals surface area (Å²) in [5.74, 6) is 0. The molecule has 0 aliphatic heterocycles. The molecular formula is C9H12N4. The summed E-state index contributed by atoms with van der Waals surface area (Å²) >= 11 is 0. The van der Waals surface area contributed by atoms with E-state index in [0.29, 0.717) is 5.69 Å². The Hall–Kier alpha value is -1.71. The Morgan fingerprint density at radius 3 is 2.62 bits per heavy atom. The predicted octanol–water partition coefficient (Wildman–Crippen LogP) is 1.60. The van der Waals surface area contributed by atoms with Gasteiger partial charge in [-0.25, -0.2) is 0 Å². The molecule has 0 atom stereocenters. The second-order valence-corrected chi connectivity index (χ2v) is 3.19. The van der Waals surface area contributed by atoms with E-state index in [1.54, 1.807) is 6.20 Å². The highest BCUT2D eigenvalue weighted by atomic mass is 15.1. The smallest absolute Gasteiger partial charge is 0.0897 e. The fourth-order valence-corrected chi connectivity index (χ4v) is 1.49. The van der Waals surface area contributed by atoms with Gasteiger partial charge >= 0.3 is 0 Å². The molecule has 68 valence electrons. The van der Waals surface area contributed by atoms with Crippen LogP contribution in [0.15, 0.2) is 12.3 Å². The number of H-pyrrole nitrogens is 2. The zero-order chi connectivity index (χ0) is 9.42. The van der Waals surface area contributed by atoms with Crippen LogP contribution in [0.25, 0.3) is 11.3 Å². The molecule has 0 fully saturated rings. The van der Waals surface area contributed by atoms with Crippen molar-refractivity contribution in [3.8, 4) is 11.3 Å². The minimum atomic E-state index is 0.683. The first kappa shape index (κ1) is 7.91. The van der Waals surface area contributed by atoms with Gasteiger partial charge in [-0.2, -0.15) is 5.10 Å². The van der Waals surface area contributed by atoms with E-state index in [4.69, 9.17) is 5.73 Å². The lowest BCUT2D eigenvalue weighted by molar-refractivity contribution is 1.09. The number of hydrogen-bond acceptors (Lipinski definition) is 2. The van der Waals surface area contributed by atoms with Crippen LogP contribution in [0.1, 0.15) is 11.4 Å². The highest BCUT2D eigenvalue weighted by Gasteiger charge is 2.09. The number of aryl methyl sites for hydroxylation is 2. The molecule has 0 unspecified atom stereocenters. The highest BCUT2D eigenvalue weighted by molar-refractivity contribution is 5.74. The molecule has 0 amide bonds. The molecule has 0 saturated heterocycles. The van der Waals surface area contributed by atoms with Gasteiger partial charge in [-0.05, 0) is 19.9 Å². The normalized spacial score (nSPS) is 10.6. The van der Waals surface area contributed by atoms with Gasteiger partial charge in [0.05, 0.1) is 17.6 Å². The molecule has 2 aromatic heterocycles. The average molecular weight is 176 g/mol. The number of nitrogens with one attached hydrogen (secondary N) is 2. The van der Waals surface area contributed by atoms with Crippen LogP contribution in [0.4, 0.5) is 5.69 Å². The van der Waals surface area contributed by atoms with Crippen molar-refractivity contribution in [2.75, 3.05) is 5.73 Å². The molecule has 2 rings (SSSR count). The van der Waals surface area contributed by atoms with Crippen molar-refractivity contribution in [1.29, 1.82) is 0 Å². The lowest BCUT2D eigenvalue weighted by atomic mass is 10.1. The van der Waals surface area contributed by atoms with E-state index in [1.165, 1.54) is 0 Å². The first-order valence-electron chi connectivity index (χ1n) is 4.14. The van der Waals surface area contributed by atoms with Crippen molar-refractivity contribution in [1.82, 2.24) is 15.2 Å². The third-order valence-electron chi connectivity index (χ3n) is 2.09. The lowest BCUT2D eigenvalue weighted by Crippen LogP contribution is -1.86. The first-order chi connectivity index (χ1) is 6.18. The standard InChI is InChI=1S/C9H12N4/c1-5-3-7(6(2)12-5)9-8(10)4-11-13-9/h3-4,12H,10H2,1-2H3,(H,11,13). The monoisotopic (exact) mass is 176 g/mol. The van der Waals surface area contributed by atoms with Crippen LogP contribution in [-0.2, 0) is 0 Å². The summed E-state index contributed by atoms with van der Waals surface area (Å²) in [6.45, 7) is 4.03. The Labute approximate surface area is 76.2 Å². The molecule has 0 aromatic carbocycles. The van der Waals surface area contributed by atoms with Gasteiger partial charge in [0.25, 0.3) is 0 Å². The van der Waals surface area contributed by atoms with Crippen LogP contribution < -0.4 is 5.73 Å². The molecule has 0 radical (unpaired) electrons. The van der Waals surface area contributed by atoms with Gasteiger partial charge in [-0.15, -0.1) is 0 Å². The van der Waals surface area contributed by atoms with E-state index in [-0.39, 0.29) is 0 Å². The molecule has 2 aromatic rings. The Kier molecular flexibility index (Phi) is 1.62. The third kappa shape index (κ3) is 1.20. The molecule has 0 bridgehead atoms. The van der Waals surface area contributed by atoms with Gasteiger partial charge < -0.3 is 10.7 Å². The average Bonchev–Trinajstić information content (AvgIpc) is 2.58. The fraction of sp³-hybridized carbons (Fsp3) is 0.222. The molecule has 0 aliphatic rings. The van der Waals surface area contributed by atoms with Gasteiger partial charge in [0.1, 0.15) is 0 Å². The van der Waals surface area contributed by atoms with E-state index in [2.05, 4.69) is 21.2 Å². The second-order valence-electron chi connectivity index (χ2n) is 3.19. The number of hydrogen-bond donors (Lipinski definition) is 3. The molecule has 4 heteroatoms. The van der Waals surface area contributed by atoms with Gasteiger partial charge in [-0.1, -0.05) is 0 Å². The number of nitrogens with zero attached hydrogens (tertiary/aromatic N) is 1. The minimum Gasteiger partial charge on any atom is -0.396 e. The van der Waals surface area contributed by atoms with Crippen LogP contribution in [0, 0.1) is 13.8 Å². The third-order valence-corrected chi connectivity index (χ3v) is 2.09. The summed E-state index contributed by atoms with van der Waals surface area (Å²) in [4.78, 5) is 3.22. The number of nitrogens with two attached hydrogens (primary N) is 1. The van der Waals surface area contributed by atoms with Crippen LogP contribution in [0.3, 0.4) is 0 Å². The van der Waals surface area contributed by atoms with E-state index < -0.39 is 0 Å². The van der Waals surface area contributed by atoms with Crippen molar-refractivity contribution in [2.24, 2.45) is 0 Å². The minimum absolute atomic E-state index is 0.683.